The van der Waals surface area contributed by atoms with Crippen molar-refractivity contribution in [2.45, 2.75) is 12.8 Å². The lowest BCUT2D eigenvalue weighted by molar-refractivity contribution is -0.255. The van der Waals surface area contributed by atoms with Crippen LogP contribution in [0.3, 0.4) is 0 Å². The third kappa shape index (κ3) is 3.41. The Hall–Kier alpha value is -2.67. The van der Waals surface area contributed by atoms with E-state index in [1.807, 2.05) is 0 Å². The van der Waals surface area contributed by atoms with Crippen LogP contribution in [0.5, 0.6) is 0 Å². The fourth-order valence-corrected chi connectivity index (χ4v) is 3.34. The summed E-state index contributed by atoms with van der Waals surface area (Å²) in [7, 11) is 0. The van der Waals surface area contributed by atoms with Crippen molar-refractivity contribution in [3.8, 4) is 0 Å². The van der Waals surface area contributed by atoms with Gasteiger partial charge in [0.25, 0.3) is 0 Å². The van der Waals surface area contributed by atoms with Gasteiger partial charge in [-0.15, -0.1) is 0 Å². The fourth-order valence-electron chi connectivity index (χ4n) is 3.09. The summed E-state index contributed by atoms with van der Waals surface area (Å²) in [5, 5.41) is 13.8. The van der Waals surface area contributed by atoms with Gasteiger partial charge in [-0.2, -0.15) is 0 Å². The molecule has 130 valence electrons. The highest BCUT2D eigenvalue weighted by Gasteiger charge is 2.48. The number of nitrogens with one attached hydrogen (secondary N) is 1. The summed E-state index contributed by atoms with van der Waals surface area (Å²) < 4.78 is 0. The Bertz CT molecular complexity index is 787. The standard InChI is InChI=1S/C17H15ClN2O5/c18-10-3-6-12-13(7-10)16(23)20(15(12)22)8-14(21)19-11-4-1-9(2-5-11)17(24)25/h1-5,12-13H,6-8H2,(H,19,21)(H,24,25)/p-1/t12-,13+/m1/s1. The molecule has 0 spiro atoms. The summed E-state index contributed by atoms with van der Waals surface area (Å²) in [5.74, 6) is -3.56. The lowest BCUT2D eigenvalue weighted by Gasteiger charge is -2.17. The Kier molecular flexibility index (Phi) is 4.59. The molecule has 1 saturated heterocycles. The third-order valence-corrected chi connectivity index (χ3v) is 4.68. The van der Waals surface area contributed by atoms with Crippen LogP contribution >= 0.6 is 11.6 Å². The molecule has 0 radical (unpaired) electrons. The van der Waals surface area contributed by atoms with Crippen molar-refractivity contribution in [2.75, 3.05) is 11.9 Å². The molecule has 7 nitrogen and oxygen atoms in total. The average Bonchev–Trinajstić information content (AvgIpc) is 2.80. The highest BCUT2D eigenvalue weighted by atomic mass is 35.5. The van der Waals surface area contributed by atoms with Crippen molar-refractivity contribution in [3.63, 3.8) is 0 Å². The molecule has 3 amide bonds. The number of carbonyl (C=O) groups is 4. The van der Waals surface area contributed by atoms with Crippen LogP contribution in [0, 0.1) is 11.8 Å². The van der Waals surface area contributed by atoms with Gasteiger partial charge in [-0.25, -0.2) is 0 Å². The number of imide groups is 1. The number of likely N-dealkylation sites (tertiary alicyclic amines) is 1. The predicted octanol–water partition coefficient (Wildman–Crippen LogP) is 0.506. The first-order valence-corrected chi connectivity index (χ1v) is 8.05. The number of anilines is 1. The smallest absolute Gasteiger partial charge is 0.244 e. The number of hydrogen-bond donors (Lipinski definition) is 1. The number of aromatic carboxylic acids is 1. The van der Waals surface area contributed by atoms with Gasteiger partial charge in [0, 0.05) is 10.7 Å². The maximum absolute atomic E-state index is 12.4. The number of hydrogen-bond acceptors (Lipinski definition) is 5. The molecule has 2 atom stereocenters. The molecule has 0 saturated carbocycles. The number of benzene rings is 1. The predicted molar refractivity (Wildman–Crippen MR) is 86.3 cm³/mol. The minimum atomic E-state index is -1.32. The van der Waals surface area contributed by atoms with E-state index in [-0.39, 0.29) is 23.9 Å². The zero-order valence-electron chi connectivity index (χ0n) is 13.0. The Labute approximate surface area is 148 Å². The minimum Gasteiger partial charge on any atom is -0.545 e. The van der Waals surface area contributed by atoms with Crippen molar-refractivity contribution < 1.29 is 24.3 Å². The van der Waals surface area contributed by atoms with Crippen molar-refractivity contribution in [1.82, 2.24) is 4.90 Å². The normalized spacial score (nSPS) is 22.4. The molecule has 1 aromatic carbocycles. The maximum atomic E-state index is 12.4. The minimum absolute atomic E-state index is 0.0173. The zero-order chi connectivity index (χ0) is 18.1. The van der Waals surface area contributed by atoms with Crippen LogP contribution in [0.2, 0.25) is 0 Å². The van der Waals surface area contributed by atoms with Crippen LogP contribution in [0.1, 0.15) is 23.2 Å². The van der Waals surface area contributed by atoms with Gasteiger partial charge in [0.05, 0.1) is 17.8 Å². The van der Waals surface area contributed by atoms with Crippen LogP contribution < -0.4 is 10.4 Å². The Morgan fingerprint density at radius 3 is 2.44 bits per heavy atom. The number of nitrogens with zero attached hydrogens (tertiary/aromatic N) is 1. The van der Waals surface area contributed by atoms with Gasteiger partial charge < -0.3 is 15.2 Å². The number of fused-ring (bicyclic) bond motifs is 1. The van der Waals surface area contributed by atoms with Crippen LogP contribution in [0.15, 0.2) is 35.4 Å². The molecule has 8 heteroatoms. The number of amides is 3. The van der Waals surface area contributed by atoms with Crippen molar-refractivity contribution in [3.05, 3.63) is 40.9 Å². The first-order valence-electron chi connectivity index (χ1n) is 7.68. The molecule has 1 aliphatic carbocycles. The molecule has 0 bridgehead atoms. The van der Waals surface area contributed by atoms with Crippen molar-refractivity contribution in [2.24, 2.45) is 11.8 Å². The molecule has 1 aliphatic heterocycles. The van der Waals surface area contributed by atoms with E-state index >= 15 is 0 Å². The SMILES string of the molecule is O=C(CN1C(=O)[C@H]2CC(Cl)=CC[C@H]2C1=O)Nc1ccc(C(=O)[O-])cc1. The first-order chi connectivity index (χ1) is 11.9. The second-order valence-corrected chi connectivity index (χ2v) is 6.46. The monoisotopic (exact) mass is 361 g/mol. The van der Waals surface area contributed by atoms with Gasteiger partial charge in [-0.3, -0.25) is 19.3 Å². The molecule has 1 aromatic rings. The topological polar surface area (TPSA) is 107 Å². The fraction of sp³-hybridized carbons (Fsp3) is 0.294. The highest BCUT2D eigenvalue weighted by molar-refractivity contribution is 6.30. The summed E-state index contributed by atoms with van der Waals surface area (Å²) in [6.45, 7) is -0.384. The van der Waals surface area contributed by atoms with E-state index in [2.05, 4.69) is 5.32 Å². The number of allylic oxidation sites excluding steroid dienone is 2. The zero-order valence-corrected chi connectivity index (χ0v) is 13.8. The van der Waals surface area contributed by atoms with E-state index in [1.54, 1.807) is 6.08 Å². The summed E-state index contributed by atoms with van der Waals surface area (Å²) >= 11 is 5.95. The van der Waals surface area contributed by atoms with E-state index in [9.17, 15) is 24.3 Å². The van der Waals surface area contributed by atoms with Gasteiger partial charge in [0.2, 0.25) is 17.7 Å². The summed E-state index contributed by atoms with van der Waals surface area (Å²) in [6, 6.07) is 5.39. The van der Waals surface area contributed by atoms with Gasteiger partial charge in [0.1, 0.15) is 6.54 Å². The van der Waals surface area contributed by atoms with Crippen molar-refractivity contribution in [1.29, 1.82) is 0 Å². The van der Waals surface area contributed by atoms with Gasteiger partial charge in [-0.1, -0.05) is 29.8 Å². The molecule has 1 fully saturated rings. The second-order valence-electron chi connectivity index (χ2n) is 5.98. The first kappa shape index (κ1) is 17.2. The second kappa shape index (κ2) is 6.68. The number of carboxylic acids is 1. The molecular weight excluding hydrogens is 348 g/mol. The molecule has 1 N–H and O–H groups in total. The van der Waals surface area contributed by atoms with Crippen molar-refractivity contribution >= 4 is 41.0 Å². The maximum Gasteiger partial charge on any atom is 0.244 e. The summed E-state index contributed by atoms with van der Waals surface area (Å²) in [5.41, 5.74) is 0.340. The van der Waals surface area contributed by atoms with E-state index < -0.39 is 23.7 Å². The Morgan fingerprint density at radius 1 is 1.16 bits per heavy atom. The molecule has 25 heavy (non-hydrogen) atoms. The molecule has 0 unspecified atom stereocenters. The van der Waals surface area contributed by atoms with Crippen LogP contribution in [-0.4, -0.2) is 35.1 Å². The molecule has 1 heterocycles. The average molecular weight is 362 g/mol. The lowest BCUT2D eigenvalue weighted by Crippen LogP contribution is -2.38. The largest absolute Gasteiger partial charge is 0.545 e. The Balaban J connectivity index is 1.64. The number of carbonyl (C=O) groups excluding carboxylic acids is 4. The van der Waals surface area contributed by atoms with Crippen LogP contribution in [-0.2, 0) is 14.4 Å². The number of rotatable bonds is 4. The van der Waals surface area contributed by atoms with E-state index in [1.165, 1.54) is 24.3 Å². The van der Waals surface area contributed by atoms with E-state index in [0.717, 1.165) is 4.90 Å². The van der Waals surface area contributed by atoms with Gasteiger partial charge in [-0.05, 0) is 30.5 Å². The van der Waals surface area contributed by atoms with E-state index in [0.29, 0.717) is 23.6 Å². The quantitative estimate of drug-likeness (QED) is 0.786. The van der Waals surface area contributed by atoms with Gasteiger partial charge in [0.15, 0.2) is 0 Å². The highest BCUT2D eigenvalue weighted by Crippen LogP contribution is 2.38. The number of halogens is 1. The molecule has 0 aromatic heterocycles. The molecular formula is C17H14ClN2O5-. The van der Waals surface area contributed by atoms with Gasteiger partial charge >= 0.3 is 0 Å². The lowest BCUT2D eigenvalue weighted by atomic mass is 9.85. The van der Waals surface area contributed by atoms with E-state index in [4.69, 9.17) is 11.6 Å². The molecule has 3 rings (SSSR count). The number of carboxylic acid groups (broad SMARTS) is 1. The molecule has 2 aliphatic rings. The third-order valence-electron chi connectivity index (χ3n) is 4.37. The van der Waals surface area contributed by atoms with Crippen LogP contribution in [0.4, 0.5) is 5.69 Å². The summed E-state index contributed by atoms with van der Waals surface area (Å²) in [6.07, 6.45) is 2.45. The van der Waals surface area contributed by atoms with Crippen LogP contribution in [0.25, 0.3) is 0 Å². The summed E-state index contributed by atoms with van der Waals surface area (Å²) in [4.78, 5) is 48.5. The Morgan fingerprint density at radius 2 is 1.80 bits per heavy atom.